The minimum absolute atomic E-state index is 0.0356. The zero-order chi connectivity index (χ0) is 21.4. The smallest absolute Gasteiger partial charge is 0.270 e. The molecule has 1 aliphatic rings. The standard InChI is InChI=1S/C23H18FN3O2S/c1-14-5-3-7-20(15(14)2)27-22(29)19(21(28)25-23(27)30)13-18-6-4-12-26(18)17-10-8-16(24)9-11-17/h3-13H,1-2H3,(H,25,28,30)/b19-13+. The lowest BCUT2D eigenvalue weighted by atomic mass is 10.0. The summed E-state index contributed by atoms with van der Waals surface area (Å²) >= 11 is 5.29. The van der Waals surface area contributed by atoms with Crippen LogP contribution < -0.4 is 10.2 Å². The van der Waals surface area contributed by atoms with Crippen molar-refractivity contribution in [1.82, 2.24) is 9.88 Å². The van der Waals surface area contributed by atoms with Crippen molar-refractivity contribution in [1.29, 1.82) is 0 Å². The van der Waals surface area contributed by atoms with Crippen molar-refractivity contribution < 1.29 is 14.0 Å². The summed E-state index contributed by atoms with van der Waals surface area (Å²) in [6.07, 6.45) is 3.29. The van der Waals surface area contributed by atoms with Gasteiger partial charge in [0.1, 0.15) is 11.4 Å². The van der Waals surface area contributed by atoms with Gasteiger partial charge in [-0.2, -0.15) is 0 Å². The molecule has 1 saturated heterocycles. The van der Waals surface area contributed by atoms with Gasteiger partial charge in [-0.25, -0.2) is 4.39 Å². The summed E-state index contributed by atoms with van der Waals surface area (Å²) in [5.74, 6) is -1.40. The lowest BCUT2D eigenvalue weighted by Gasteiger charge is -2.30. The fourth-order valence-corrected chi connectivity index (χ4v) is 3.62. The maximum absolute atomic E-state index is 13.3. The number of nitrogens with zero attached hydrogens (tertiary/aromatic N) is 2. The van der Waals surface area contributed by atoms with Gasteiger partial charge >= 0.3 is 0 Å². The molecule has 1 fully saturated rings. The van der Waals surface area contributed by atoms with Crippen molar-refractivity contribution in [2.45, 2.75) is 13.8 Å². The van der Waals surface area contributed by atoms with Crippen LogP contribution in [0.4, 0.5) is 10.1 Å². The van der Waals surface area contributed by atoms with Gasteiger partial charge < -0.3 is 4.57 Å². The van der Waals surface area contributed by atoms with Crippen LogP contribution in [0.15, 0.2) is 66.4 Å². The molecular formula is C23H18FN3O2S. The summed E-state index contributed by atoms with van der Waals surface area (Å²) in [6.45, 7) is 3.85. The second-order valence-corrected chi connectivity index (χ2v) is 7.34. The van der Waals surface area contributed by atoms with Gasteiger partial charge in [0.05, 0.1) is 5.69 Å². The number of hydrogen-bond acceptors (Lipinski definition) is 3. The molecule has 0 radical (unpaired) electrons. The highest BCUT2D eigenvalue weighted by molar-refractivity contribution is 7.80. The largest absolute Gasteiger partial charge is 0.317 e. The fraction of sp³-hybridized carbons (Fsp3) is 0.0870. The van der Waals surface area contributed by atoms with E-state index < -0.39 is 11.8 Å². The van der Waals surface area contributed by atoms with Crippen LogP contribution in [0.1, 0.15) is 16.8 Å². The Morgan fingerprint density at radius 2 is 1.73 bits per heavy atom. The zero-order valence-electron chi connectivity index (χ0n) is 16.3. The minimum Gasteiger partial charge on any atom is -0.317 e. The number of thiocarbonyl (C=S) groups is 1. The Morgan fingerprint density at radius 3 is 2.47 bits per heavy atom. The highest BCUT2D eigenvalue weighted by Crippen LogP contribution is 2.27. The van der Waals surface area contributed by atoms with E-state index in [-0.39, 0.29) is 16.5 Å². The van der Waals surface area contributed by atoms with E-state index in [0.717, 1.165) is 11.1 Å². The average Bonchev–Trinajstić information content (AvgIpc) is 3.17. The quantitative estimate of drug-likeness (QED) is 0.396. The zero-order valence-corrected chi connectivity index (χ0v) is 17.2. The van der Waals surface area contributed by atoms with Gasteiger partial charge in [-0.15, -0.1) is 0 Å². The van der Waals surface area contributed by atoms with Crippen LogP contribution in [-0.4, -0.2) is 21.5 Å². The van der Waals surface area contributed by atoms with Crippen molar-refractivity contribution in [2.75, 3.05) is 4.90 Å². The molecule has 0 bridgehead atoms. The number of carbonyl (C=O) groups excluding carboxylic acids is 2. The number of nitrogens with one attached hydrogen (secondary N) is 1. The predicted octanol–water partition coefficient (Wildman–Crippen LogP) is 4.06. The van der Waals surface area contributed by atoms with Crippen molar-refractivity contribution in [3.63, 3.8) is 0 Å². The van der Waals surface area contributed by atoms with Gasteiger partial charge in [0, 0.05) is 17.6 Å². The summed E-state index contributed by atoms with van der Waals surface area (Å²) in [6, 6.07) is 15.1. The molecule has 1 aromatic heterocycles. The molecule has 4 rings (SSSR count). The van der Waals surface area contributed by atoms with Crippen LogP contribution in [-0.2, 0) is 9.59 Å². The molecule has 0 atom stereocenters. The molecule has 2 aromatic carbocycles. The van der Waals surface area contributed by atoms with Crippen LogP contribution in [0.3, 0.4) is 0 Å². The first kappa shape index (κ1) is 19.7. The third-order valence-electron chi connectivity index (χ3n) is 5.10. The molecule has 5 nitrogen and oxygen atoms in total. The Hall–Kier alpha value is -3.58. The van der Waals surface area contributed by atoms with Crippen LogP contribution in [0.5, 0.6) is 0 Å². The summed E-state index contributed by atoms with van der Waals surface area (Å²) < 4.78 is 15.0. The van der Waals surface area contributed by atoms with Crippen molar-refractivity contribution in [2.24, 2.45) is 0 Å². The molecule has 0 saturated carbocycles. The molecule has 150 valence electrons. The van der Waals surface area contributed by atoms with Gasteiger partial charge in [0.25, 0.3) is 11.8 Å². The number of aromatic nitrogens is 1. The molecule has 0 spiro atoms. The van der Waals surface area contributed by atoms with Crippen molar-refractivity contribution >= 4 is 40.9 Å². The topological polar surface area (TPSA) is 54.3 Å². The molecule has 3 aromatic rings. The third-order valence-corrected chi connectivity index (χ3v) is 5.38. The Bertz CT molecular complexity index is 1210. The first-order valence-electron chi connectivity index (χ1n) is 9.28. The molecular weight excluding hydrogens is 401 g/mol. The van der Waals surface area contributed by atoms with Gasteiger partial charge in [-0.1, -0.05) is 12.1 Å². The summed E-state index contributed by atoms with van der Waals surface area (Å²) in [7, 11) is 0. The highest BCUT2D eigenvalue weighted by atomic mass is 32.1. The van der Waals surface area contributed by atoms with E-state index in [9.17, 15) is 14.0 Å². The molecule has 1 N–H and O–H groups in total. The van der Waals surface area contributed by atoms with E-state index in [2.05, 4.69) is 5.32 Å². The van der Waals surface area contributed by atoms with E-state index in [1.54, 1.807) is 41.1 Å². The number of aryl methyl sites for hydroxylation is 1. The van der Waals surface area contributed by atoms with Crippen LogP contribution in [0, 0.1) is 19.7 Å². The number of carbonyl (C=O) groups is 2. The molecule has 0 unspecified atom stereocenters. The Kier molecular flexibility index (Phi) is 5.05. The SMILES string of the molecule is Cc1cccc(N2C(=O)/C(=C/c3cccn3-c3ccc(F)cc3)C(=O)NC2=S)c1C. The molecule has 30 heavy (non-hydrogen) atoms. The lowest BCUT2D eigenvalue weighted by Crippen LogP contribution is -2.54. The summed E-state index contributed by atoms with van der Waals surface area (Å²) in [4.78, 5) is 27.2. The maximum Gasteiger partial charge on any atom is 0.270 e. The number of hydrogen-bond donors (Lipinski definition) is 1. The van der Waals surface area contributed by atoms with Gasteiger partial charge in [-0.3, -0.25) is 19.8 Å². The van der Waals surface area contributed by atoms with E-state index in [1.807, 2.05) is 26.0 Å². The van der Waals surface area contributed by atoms with Gasteiger partial charge in [0.15, 0.2) is 5.11 Å². The van der Waals surface area contributed by atoms with E-state index in [4.69, 9.17) is 12.2 Å². The number of benzene rings is 2. The van der Waals surface area contributed by atoms with Crippen LogP contribution in [0.2, 0.25) is 0 Å². The average molecular weight is 419 g/mol. The van der Waals surface area contributed by atoms with Crippen molar-refractivity contribution in [3.8, 4) is 5.69 Å². The Morgan fingerprint density at radius 1 is 1.00 bits per heavy atom. The second-order valence-electron chi connectivity index (χ2n) is 6.96. The Balaban J connectivity index is 1.77. The molecule has 2 heterocycles. The van der Waals surface area contributed by atoms with Gasteiger partial charge in [0.2, 0.25) is 0 Å². The normalized spacial score (nSPS) is 15.6. The number of rotatable bonds is 3. The monoisotopic (exact) mass is 419 g/mol. The molecule has 0 aliphatic carbocycles. The number of anilines is 1. The number of amides is 2. The first-order valence-corrected chi connectivity index (χ1v) is 9.68. The molecule has 7 heteroatoms. The van der Waals surface area contributed by atoms with E-state index in [1.165, 1.54) is 23.1 Å². The second kappa shape index (κ2) is 7.68. The Labute approximate surface area is 178 Å². The first-order chi connectivity index (χ1) is 14.4. The fourth-order valence-electron chi connectivity index (χ4n) is 3.35. The van der Waals surface area contributed by atoms with E-state index >= 15 is 0 Å². The minimum atomic E-state index is -0.557. The van der Waals surface area contributed by atoms with Crippen LogP contribution in [0.25, 0.3) is 11.8 Å². The number of halogens is 1. The molecule has 1 aliphatic heterocycles. The summed E-state index contributed by atoms with van der Waals surface area (Å²) in [5, 5.41) is 2.65. The van der Waals surface area contributed by atoms with Gasteiger partial charge in [-0.05, 0) is 85.7 Å². The highest BCUT2D eigenvalue weighted by Gasteiger charge is 2.35. The predicted molar refractivity (Wildman–Crippen MR) is 118 cm³/mol. The third kappa shape index (κ3) is 3.44. The molecule has 2 amide bonds. The van der Waals surface area contributed by atoms with E-state index in [0.29, 0.717) is 17.1 Å². The lowest BCUT2D eigenvalue weighted by molar-refractivity contribution is -0.122. The summed E-state index contributed by atoms with van der Waals surface area (Å²) in [5.41, 5.74) is 3.82. The van der Waals surface area contributed by atoms with Crippen molar-refractivity contribution in [3.05, 3.63) is 89.0 Å². The maximum atomic E-state index is 13.3. The van der Waals surface area contributed by atoms with Crippen LogP contribution >= 0.6 is 12.2 Å².